The number of benzene rings is 1. The van der Waals surface area contributed by atoms with E-state index >= 15 is 0 Å². The molecule has 1 heterocycles. The van der Waals surface area contributed by atoms with E-state index in [4.69, 9.17) is 5.73 Å². The Morgan fingerprint density at radius 2 is 1.95 bits per heavy atom. The molecule has 0 fully saturated rings. The SMILES string of the molecule is Cc1ccc(F)cc1-c1nc(N)cc(CC(C)C)n1. The molecule has 0 saturated carbocycles. The summed E-state index contributed by atoms with van der Waals surface area (Å²) in [4.78, 5) is 8.70. The van der Waals surface area contributed by atoms with E-state index in [-0.39, 0.29) is 5.82 Å². The zero-order valence-corrected chi connectivity index (χ0v) is 11.4. The molecule has 100 valence electrons. The summed E-state index contributed by atoms with van der Waals surface area (Å²) in [6.07, 6.45) is 0.827. The molecule has 0 saturated heterocycles. The van der Waals surface area contributed by atoms with Gasteiger partial charge in [-0.3, -0.25) is 0 Å². The average Bonchev–Trinajstić information content (AvgIpc) is 2.30. The number of nitrogens with two attached hydrogens (primary N) is 1. The van der Waals surface area contributed by atoms with Gasteiger partial charge in [-0.1, -0.05) is 19.9 Å². The lowest BCUT2D eigenvalue weighted by Crippen LogP contribution is -2.04. The maximum atomic E-state index is 13.4. The summed E-state index contributed by atoms with van der Waals surface area (Å²) >= 11 is 0. The summed E-state index contributed by atoms with van der Waals surface area (Å²) in [5.74, 6) is 1.10. The van der Waals surface area contributed by atoms with Crippen LogP contribution < -0.4 is 5.73 Å². The van der Waals surface area contributed by atoms with Crippen molar-refractivity contribution in [3.63, 3.8) is 0 Å². The third-order valence-corrected chi connectivity index (χ3v) is 2.86. The van der Waals surface area contributed by atoms with Crippen LogP contribution in [0.25, 0.3) is 11.4 Å². The van der Waals surface area contributed by atoms with Gasteiger partial charge >= 0.3 is 0 Å². The molecule has 0 spiro atoms. The van der Waals surface area contributed by atoms with Gasteiger partial charge in [0.2, 0.25) is 0 Å². The lowest BCUT2D eigenvalue weighted by Gasteiger charge is -2.09. The van der Waals surface area contributed by atoms with Crippen LogP contribution in [-0.2, 0) is 6.42 Å². The molecule has 0 aliphatic heterocycles. The van der Waals surface area contributed by atoms with Crippen molar-refractivity contribution in [3.05, 3.63) is 41.3 Å². The summed E-state index contributed by atoms with van der Waals surface area (Å²) < 4.78 is 13.4. The number of rotatable bonds is 3. The predicted molar refractivity (Wildman–Crippen MR) is 75.1 cm³/mol. The molecule has 0 atom stereocenters. The third-order valence-electron chi connectivity index (χ3n) is 2.86. The molecular formula is C15H18FN3. The van der Waals surface area contributed by atoms with Gasteiger partial charge in [-0.25, -0.2) is 14.4 Å². The first-order chi connectivity index (χ1) is 8.95. The highest BCUT2D eigenvalue weighted by Crippen LogP contribution is 2.22. The highest BCUT2D eigenvalue weighted by atomic mass is 19.1. The second-order valence-electron chi connectivity index (χ2n) is 5.16. The van der Waals surface area contributed by atoms with E-state index in [2.05, 4.69) is 23.8 Å². The zero-order chi connectivity index (χ0) is 14.0. The molecule has 0 aliphatic rings. The Kier molecular flexibility index (Phi) is 3.79. The Morgan fingerprint density at radius 1 is 1.21 bits per heavy atom. The molecule has 19 heavy (non-hydrogen) atoms. The maximum Gasteiger partial charge on any atom is 0.162 e. The fraction of sp³-hybridized carbons (Fsp3) is 0.333. The van der Waals surface area contributed by atoms with Gasteiger partial charge < -0.3 is 5.73 Å². The van der Waals surface area contributed by atoms with E-state index in [0.717, 1.165) is 17.7 Å². The van der Waals surface area contributed by atoms with Gasteiger partial charge in [0, 0.05) is 17.3 Å². The number of anilines is 1. The van der Waals surface area contributed by atoms with E-state index in [0.29, 0.717) is 23.1 Å². The van der Waals surface area contributed by atoms with E-state index in [9.17, 15) is 4.39 Å². The maximum absolute atomic E-state index is 13.4. The molecule has 0 aliphatic carbocycles. The molecule has 0 amide bonds. The number of nitrogens with zero attached hydrogens (tertiary/aromatic N) is 2. The van der Waals surface area contributed by atoms with Crippen LogP contribution in [0.15, 0.2) is 24.3 Å². The summed E-state index contributed by atoms with van der Waals surface area (Å²) in [6, 6.07) is 6.38. The molecular weight excluding hydrogens is 241 g/mol. The van der Waals surface area contributed by atoms with E-state index in [1.807, 2.05) is 6.92 Å². The Hall–Kier alpha value is -1.97. The van der Waals surface area contributed by atoms with E-state index in [1.54, 1.807) is 12.1 Å². The highest BCUT2D eigenvalue weighted by Gasteiger charge is 2.10. The van der Waals surface area contributed by atoms with Crippen LogP contribution in [0, 0.1) is 18.7 Å². The van der Waals surface area contributed by atoms with Crippen molar-refractivity contribution in [3.8, 4) is 11.4 Å². The Morgan fingerprint density at radius 3 is 2.63 bits per heavy atom. The number of nitrogen functional groups attached to an aromatic ring is 1. The quantitative estimate of drug-likeness (QED) is 0.919. The topological polar surface area (TPSA) is 51.8 Å². The van der Waals surface area contributed by atoms with Crippen LogP contribution in [0.1, 0.15) is 25.1 Å². The standard InChI is InChI=1S/C15H18FN3/c1-9(2)6-12-8-14(17)19-15(18-12)13-7-11(16)5-4-10(13)3/h4-5,7-9H,6H2,1-3H3,(H2,17,18,19). The number of hydrogen-bond donors (Lipinski definition) is 1. The first-order valence-electron chi connectivity index (χ1n) is 6.35. The fourth-order valence-corrected chi connectivity index (χ4v) is 2.00. The van der Waals surface area contributed by atoms with Crippen molar-refractivity contribution >= 4 is 5.82 Å². The summed E-state index contributed by atoms with van der Waals surface area (Å²) in [6.45, 7) is 6.14. The van der Waals surface area contributed by atoms with Crippen LogP contribution in [0.4, 0.5) is 10.2 Å². The van der Waals surface area contributed by atoms with Gasteiger partial charge in [0.05, 0.1) is 0 Å². The summed E-state index contributed by atoms with van der Waals surface area (Å²) in [5.41, 5.74) is 8.33. The molecule has 4 heteroatoms. The van der Waals surface area contributed by atoms with Gasteiger partial charge in [-0.2, -0.15) is 0 Å². The van der Waals surface area contributed by atoms with Crippen molar-refractivity contribution in [2.75, 3.05) is 5.73 Å². The zero-order valence-electron chi connectivity index (χ0n) is 11.4. The number of aromatic nitrogens is 2. The average molecular weight is 259 g/mol. The summed E-state index contributed by atoms with van der Waals surface area (Å²) in [7, 11) is 0. The molecule has 2 rings (SSSR count). The number of halogens is 1. The predicted octanol–water partition coefficient (Wildman–Crippen LogP) is 3.37. The molecule has 1 aromatic heterocycles. The van der Waals surface area contributed by atoms with Gasteiger partial charge in [0.1, 0.15) is 11.6 Å². The molecule has 3 nitrogen and oxygen atoms in total. The Labute approximate surface area is 112 Å². The Balaban J connectivity index is 2.49. The lowest BCUT2D eigenvalue weighted by molar-refractivity contribution is 0.627. The van der Waals surface area contributed by atoms with Crippen molar-refractivity contribution in [2.45, 2.75) is 27.2 Å². The van der Waals surface area contributed by atoms with Gasteiger partial charge in [0.25, 0.3) is 0 Å². The van der Waals surface area contributed by atoms with Gasteiger partial charge in [-0.15, -0.1) is 0 Å². The fourth-order valence-electron chi connectivity index (χ4n) is 2.00. The normalized spacial score (nSPS) is 11.0. The second-order valence-corrected chi connectivity index (χ2v) is 5.16. The number of hydrogen-bond acceptors (Lipinski definition) is 3. The first-order valence-corrected chi connectivity index (χ1v) is 6.35. The van der Waals surface area contributed by atoms with E-state index < -0.39 is 0 Å². The minimum Gasteiger partial charge on any atom is -0.384 e. The molecule has 2 N–H and O–H groups in total. The molecule has 0 bridgehead atoms. The van der Waals surface area contributed by atoms with Crippen LogP contribution in [0.2, 0.25) is 0 Å². The Bertz CT molecular complexity index is 594. The van der Waals surface area contributed by atoms with E-state index in [1.165, 1.54) is 12.1 Å². The van der Waals surface area contributed by atoms with Crippen LogP contribution in [0.3, 0.4) is 0 Å². The van der Waals surface area contributed by atoms with Crippen molar-refractivity contribution in [1.82, 2.24) is 9.97 Å². The van der Waals surface area contributed by atoms with Crippen molar-refractivity contribution in [2.24, 2.45) is 5.92 Å². The third kappa shape index (κ3) is 3.28. The van der Waals surface area contributed by atoms with Crippen molar-refractivity contribution in [1.29, 1.82) is 0 Å². The summed E-state index contributed by atoms with van der Waals surface area (Å²) in [5, 5.41) is 0. The van der Waals surface area contributed by atoms with Crippen molar-refractivity contribution < 1.29 is 4.39 Å². The van der Waals surface area contributed by atoms with Gasteiger partial charge in [-0.05, 0) is 37.0 Å². The highest BCUT2D eigenvalue weighted by molar-refractivity contribution is 5.61. The lowest BCUT2D eigenvalue weighted by atomic mass is 10.1. The molecule has 0 unspecified atom stereocenters. The first kappa shape index (κ1) is 13.5. The minimum absolute atomic E-state index is 0.294. The largest absolute Gasteiger partial charge is 0.384 e. The molecule has 1 aromatic carbocycles. The van der Waals surface area contributed by atoms with Gasteiger partial charge in [0.15, 0.2) is 5.82 Å². The van der Waals surface area contributed by atoms with Crippen LogP contribution in [0.5, 0.6) is 0 Å². The second kappa shape index (κ2) is 5.34. The van der Waals surface area contributed by atoms with Crippen LogP contribution in [-0.4, -0.2) is 9.97 Å². The molecule has 0 radical (unpaired) electrons. The molecule has 2 aromatic rings. The smallest absolute Gasteiger partial charge is 0.162 e. The monoisotopic (exact) mass is 259 g/mol. The number of aryl methyl sites for hydroxylation is 1. The minimum atomic E-state index is -0.294. The van der Waals surface area contributed by atoms with Crippen LogP contribution >= 0.6 is 0 Å².